The Balaban J connectivity index is 1.86. The summed E-state index contributed by atoms with van der Waals surface area (Å²) < 4.78 is 0. The minimum atomic E-state index is 0.493. The number of hydrogen-bond acceptors (Lipinski definition) is 3. The lowest BCUT2D eigenvalue weighted by molar-refractivity contribution is 0.260. The van der Waals surface area contributed by atoms with Crippen LogP contribution in [0.1, 0.15) is 37.8 Å². The predicted molar refractivity (Wildman–Crippen MR) is 90.6 cm³/mol. The Morgan fingerprint density at radius 1 is 1.10 bits per heavy atom. The highest BCUT2D eigenvalue weighted by atomic mass is 15.2. The molecule has 0 saturated carbocycles. The molecular formula is C18H31N3. The zero-order valence-electron chi connectivity index (χ0n) is 13.7. The standard InChI is InChI=1S/C18H31N3/c1-3-11-19-18(17-8-5-4-6-9-17)10-14-21-13-7-12-20(2)15-16-21/h4-6,8-9,18-19H,3,7,10-16H2,1-2H3. The second-order valence-electron chi connectivity index (χ2n) is 6.20. The molecule has 1 N–H and O–H groups in total. The first kappa shape index (κ1) is 16.5. The van der Waals surface area contributed by atoms with Gasteiger partial charge in [-0.3, -0.25) is 0 Å². The van der Waals surface area contributed by atoms with Crippen molar-refractivity contribution in [2.75, 3.05) is 46.3 Å². The van der Waals surface area contributed by atoms with E-state index in [0.29, 0.717) is 6.04 Å². The van der Waals surface area contributed by atoms with Gasteiger partial charge in [-0.05, 0) is 58.1 Å². The highest BCUT2D eigenvalue weighted by Gasteiger charge is 2.15. The minimum absolute atomic E-state index is 0.493. The number of rotatable bonds is 7. The van der Waals surface area contributed by atoms with Crippen molar-refractivity contribution < 1.29 is 0 Å². The van der Waals surface area contributed by atoms with Crippen LogP contribution < -0.4 is 5.32 Å². The van der Waals surface area contributed by atoms with Gasteiger partial charge >= 0.3 is 0 Å². The third-order valence-corrected chi connectivity index (χ3v) is 4.39. The van der Waals surface area contributed by atoms with E-state index < -0.39 is 0 Å². The van der Waals surface area contributed by atoms with Gasteiger partial charge in [-0.2, -0.15) is 0 Å². The third kappa shape index (κ3) is 5.77. The fraction of sp³-hybridized carbons (Fsp3) is 0.667. The molecule has 1 unspecified atom stereocenters. The summed E-state index contributed by atoms with van der Waals surface area (Å²) in [7, 11) is 2.24. The van der Waals surface area contributed by atoms with E-state index in [2.05, 4.69) is 59.4 Å². The van der Waals surface area contributed by atoms with Crippen LogP contribution in [0.2, 0.25) is 0 Å². The maximum atomic E-state index is 3.71. The first-order valence-corrected chi connectivity index (χ1v) is 8.49. The predicted octanol–water partition coefficient (Wildman–Crippen LogP) is 2.75. The molecular weight excluding hydrogens is 258 g/mol. The molecule has 1 fully saturated rings. The molecule has 2 rings (SSSR count). The second kappa shape index (κ2) is 9.19. The first-order chi connectivity index (χ1) is 10.3. The van der Waals surface area contributed by atoms with Gasteiger partial charge in [0.05, 0.1) is 0 Å². The fourth-order valence-corrected chi connectivity index (χ4v) is 3.03. The van der Waals surface area contributed by atoms with Gasteiger partial charge in [0.15, 0.2) is 0 Å². The van der Waals surface area contributed by atoms with Crippen LogP contribution in [0.5, 0.6) is 0 Å². The van der Waals surface area contributed by atoms with Crippen LogP contribution in [0.25, 0.3) is 0 Å². The lowest BCUT2D eigenvalue weighted by Gasteiger charge is -2.25. The maximum absolute atomic E-state index is 3.71. The van der Waals surface area contributed by atoms with Crippen molar-refractivity contribution in [2.24, 2.45) is 0 Å². The van der Waals surface area contributed by atoms with Crippen molar-refractivity contribution in [3.05, 3.63) is 35.9 Å². The average Bonchev–Trinajstić information content (AvgIpc) is 2.73. The van der Waals surface area contributed by atoms with Crippen LogP contribution in [0.15, 0.2) is 30.3 Å². The van der Waals surface area contributed by atoms with E-state index in [1.807, 2.05) is 0 Å². The third-order valence-electron chi connectivity index (χ3n) is 4.39. The average molecular weight is 289 g/mol. The van der Waals surface area contributed by atoms with Crippen molar-refractivity contribution in [1.29, 1.82) is 0 Å². The molecule has 0 spiro atoms. The van der Waals surface area contributed by atoms with E-state index in [9.17, 15) is 0 Å². The monoisotopic (exact) mass is 289 g/mol. The molecule has 1 aliphatic heterocycles. The summed E-state index contributed by atoms with van der Waals surface area (Å²) in [4.78, 5) is 5.08. The van der Waals surface area contributed by atoms with Gasteiger partial charge in [-0.15, -0.1) is 0 Å². The van der Waals surface area contributed by atoms with Crippen molar-refractivity contribution in [3.63, 3.8) is 0 Å². The first-order valence-electron chi connectivity index (χ1n) is 8.49. The van der Waals surface area contributed by atoms with E-state index in [1.165, 1.54) is 57.5 Å². The normalized spacial score (nSPS) is 19.3. The number of nitrogens with zero attached hydrogens (tertiary/aromatic N) is 2. The van der Waals surface area contributed by atoms with Crippen LogP contribution in [-0.4, -0.2) is 56.1 Å². The van der Waals surface area contributed by atoms with Gasteiger partial charge in [-0.1, -0.05) is 37.3 Å². The Hall–Kier alpha value is -0.900. The van der Waals surface area contributed by atoms with Crippen LogP contribution in [-0.2, 0) is 0 Å². The largest absolute Gasteiger partial charge is 0.310 e. The number of hydrogen-bond donors (Lipinski definition) is 1. The molecule has 0 aromatic heterocycles. The van der Waals surface area contributed by atoms with E-state index >= 15 is 0 Å². The van der Waals surface area contributed by atoms with Gasteiger partial charge in [-0.25, -0.2) is 0 Å². The highest BCUT2D eigenvalue weighted by Crippen LogP contribution is 2.17. The van der Waals surface area contributed by atoms with Crippen LogP contribution in [0.4, 0.5) is 0 Å². The molecule has 3 nitrogen and oxygen atoms in total. The van der Waals surface area contributed by atoms with Crippen LogP contribution in [0.3, 0.4) is 0 Å². The summed E-state index contributed by atoms with van der Waals surface area (Å²) in [5, 5.41) is 3.71. The van der Waals surface area contributed by atoms with Crippen molar-refractivity contribution in [3.8, 4) is 0 Å². The Bertz CT molecular complexity index is 379. The van der Waals surface area contributed by atoms with Gasteiger partial charge in [0, 0.05) is 19.1 Å². The van der Waals surface area contributed by atoms with Crippen LogP contribution >= 0.6 is 0 Å². The second-order valence-corrected chi connectivity index (χ2v) is 6.20. The summed E-state index contributed by atoms with van der Waals surface area (Å²) in [6.45, 7) is 9.45. The summed E-state index contributed by atoms with van der Waals surface area (Å²) in [6.07, 6.45) is 3.69. The molecule has 0 aliphatic carbocycles. The van der Waals surface area contributed by atoms with Gasteiger partial charge in [0.25, 0.3) is 0 Å². The smallest absolute Gasteiger partial charge is 0.0332 e. The van der Waals surface area contributed by atoms with Gasteiger partial charge in [0.2, 0.25) is 0 Å². The number of benzene rings is 1. The van der Waals surface area contributed by atoms with Crippen molar-refractivity contribution in [2.45, 2.75) is 32.2 Å². The Morgan fingerprint density at radius 3 is 2.67 bits per heavy atom. The maximum Gasteiger partial charge on any atom is 0.0332 e. The zero-order valence-corrected chi connectivity index (χ0v) is 13.7. The highest BCUT2D eigenvalue weighted by molar-refractivity contribution is 5.18. The van der Waals surface area contributed by atoms with Crippen molar-refractivity contribution in [1.82, 2.24) is 15.1 Å². The topological polar surface area (TPSA) is 18.5 Å². The molecule has 1 saturated heterocycles. The van der Waals surface area contributed by atoms with Crippen molar-refractivity contribution >= 4 is 0 Å². The Morgan fingerprint density at radius 2 is 1.90 bits per heavy atom. The molecule has 1 aromatic rings. The molecule has 3 heteroatoms. The van der Waals surface area contributed by atoms with Gasteiger partial charge in [0.1, 0.15) is 0 Å². The molecule has 0 bridgehead atoms. The Labute approximate surface area is 130 Å². The molecule has 21 heavy (non-hydrogen) atoms. The van der Waals surface area contributed by atoms with E-state index in [1.54, 1.807) is 0 Å². The lowest BCUT2D eigenvalue weighted by atomic mass is 10.0. The minimum Gasteiger partial charge on any atom is -0.310 e. The molecule has 1 heterocycles. The van der Waals surface area contributed by atoms with E-state index in [-0.39, 0.29) is 0 Å². The Kier molecular flexibility index (Phi) is 7.20. The summed E-state index contributed by atoms with van der Waals surface area (Å²) in [5.41, 5.74) is 1.43. The molecule has 0 radical (unpaired) electrons. The SMILES string of the molecule is CCCNC(CCN1CCCN(C)CC1)c1ccccc1. The molecule has 0 amide bonds. The van der Waals surface area contributed by atoms with Gasteiger partial charge < -0.3 is 15.1 Å². The van der Waals surface area contributed by atoms with E-state index in [0.717, 1.165) is 6.54 Å². The van der Waals surface area contributed by atoms with E-state index in [4.69, 9.17) is 0 Å². The lowest BCUT2D eigenvalue weighted by Crippen LogP contribution is -2.32. The number of likely N-dealkylation sites (N-methyl/N-ethyl adjacent to an activating group) is 1. The molecule has 1 aliphatic rings. The molecule has 1 atom stereocenters. The number of nitrogens with one attached hydrogen (secondary N) is 1. The summed E-state index contributed by atoms with van der Waals surface area (Å²) in [5.74, 6) is 0. The molecule has 118 valence electrons. The quantitative estimate of drug-likeness (QED) is 0.833. The zero-order chi connectivity index (χ0) is 14.9. The fourth-order valence-electron chi connectivity index (χ4n) is 3.03. The summed E-state index contributed by atoms with van der Waals surface area (Å²) in [6, 6.07) is 11.4. The summed E-state index contributed by atoms with van der Waals surface area (Å²) >= 11 is 0. The molecule has 1 aromatic carbocycles. The van der Waals surface area contributed by atoms with Crippen LogP contribution in [0, 0.1) is 0 Å².